The van der Waals surface area contributed by atoms with Gasteiger partial charge in [-0.25, -0.2) is 0 Å². The van der Waals surface area contributed by atoms with Crippen LogP contribution in [0.3, 0.4) is 0 Å². The molecule has 3 aliphatic heterocycles. The summed E-state index contributed by atoms with van der Waals surface area (Å²) in [6.45, 7) is 4.07. The number of anilines is 1. The largest absolute Gasteiger partial charge is 0.486 e. The van der Waals surface area contributed by atoms with Gasteiger partial charge >= 0.3 is 0 Å². The van der Waals surface area contributed by atoms with Crippen molar-refractivity contribution in [2.24, 2.45) is 11.8 Å². The van der Waals surface area contributed by atoms with Crippen LogP contribution in [0.1, 0.15) is 19.3 Å². The van der Waals surface area contributed by atoms with Crippen LogP contribution in [0.5, 0.6) is 11.5 Å². The minimum atomic E-state index is -0.258. The standard InChI is InChI=1S/C20H27N3O4/c1-21-12-14-4-6-22(7-5-14)20(25)15-10-19(24)23(13-15)16-2-3-17-18(11-16)27-9-8-26-17/h2-3,11,14-15,21H,4-10,12-13H2,1H3. The first-order valence-electron chi connectivity index (χ1n) is 9.79. The van der Waals surface area contributed by atoms with E-state index in [1.807, 2.05) is 30.1 Å². The van der Waals surface area contributed by atoms with Crippen molar-refractivity contribution in [2.75, 3.05) is 51.3 Å². The summed E-state index contributed by atoms with van der Waals surface area (Å²) in [5.41, 5.74) is 0.771. The number of carbonyl (C=O) groups excluding carboxylic acids is 2. The summed E-state index contributed by atoms with van der Waals surface area (Å²) in [6.07, 6.45) is 2.34. The van der Waals surface area contributed by atoms with Crippen LogP contribution >= 0.6 is 0 Å². The first-order chi connectivity index (χ1) is 13.2. The number of piperidine rings is 1. The molecular weight excluding hydrogens is 346 g/mol. The number of hydrogen-bond donors (Lipinski definition) is 1. The van der Waals surface area contributed by atoms with Crippen LogP contribution in [-0.4, -0.2) is 63.2 Å². The lowest BCUT2D eigenvalue weighted by molar-refractivity contribution is -0.137. The fraction of sp³-hybridized carbons (Fsp3) is 0.600. The molecule has 1 unspecified atom stereocenters. The van der Waals surface area contributed by atoms with E-state index in [4.69, 9.17) is 9.47 Å². The molecule has 2 amide bonds. The Kier molecular flexibility index (Phi) is 5.20. The molecule has 4 rings (SSSR count). The van der Waals surface area contributed by atoms with Crippen LogP contribution in [0.2, 0.25) is 0 Å². The molecule has 7 heteroatoms. The zero-order valence-electron chi connectivity index (χ0n) is 15.8. The Morgan fingerprint density at radius 2 is 1.93 bits per heavy atom. The quantitative estimate of drug-likeness (QED) is 0.861. The number of ether oxygens (including phenoxy) is 2. The van der Waals surface area contributed by atoms with Crippen molar-refractivity contribution in [3.05, 3.63) is 18.2 Å². The summed E-state index contributed by atoms with van der Waals surface area (Å²) < 4.78 is 11.2. The second-order valence-corrected chi connectivity index (χ2v) is 7.56. The summed E-state index contributed by atoms with van der Waals surface area (Å²) in [5, 5.41) is 3.21. The summed E-state index contributed by atoms with van der Waals surface area (Å²) in [4.78, 5) is 29.1. The van der Waals surface area contributed by atoms with Gasteiger partial charge in [-0.15, -0.1) is 0 Å². The fourth-order valence-electron chi connectivity index (χ4n) is 4.23. The average Bonchev–Trinajstić information content (AvgIpc) is 3.09. The molecule has 0 aliphatic carbocycles. The van der Waals surface area contributed by atoms with E-state index >= 15 is 0 Å². The number of nitrogens with one attached hydrogen (secondary N) is 1. The van der Waals surface area contributed by atoms with Crippen LogP contribution < -0.4 is 19.7 Å². The predicted octanol–water partition coefficient (Wildman–Crippen LogP) is 1.27. The molecular formula is C20H27N3O4. The summed E-state index contributed by atoms with van der Waals surface area (Å²) in [6, 6.07) is 5.53. The van der Waals surface area contributed by atoms with Crippen LogP contribution in [-0.2, 0) is 9.59 Å². The predicted molar refractivity (Wildman–Crippen MR) is 101 cm³/mol. The molecule has 7 nitrogen and oxygen atoms in total. The fourth-order valence-corrected chi connectivity index (χ4v) is 4.23. The number of hydrogen-bond acceptors (Lipinski definition) is 5. The molecule has 2 fully saturated rings. The van der Waals surface area contributed by atoms with Crippen molar-refractivity contribution in [1.82, 2.24) is 10.2 Å². The number of benzene rings is 1. The summed E-state index contributed by atoms with van der Waals surface area (Å²) in [7, 11) is 1.97. The monoisotopic (exact) mass is 373 g/mol. The topological polar surface area (TPSA) is 71.1 Å². The highest BCUT2D eigenvalue weighted by Gasteiger charge is 2.38. The van der Waals surface area contributed by atoms with Gasteiger partial charge in [0.05, 0.1) is 5.92 Å². The molecule has 2 saturated heterocycles. The van der Waals surface area contributed by atoms with Gasteiger partial charge in [-0.05, 0) is 44.5 Å². The Morgan fingerprint density at radius 1 is 1.19 bits per heavy atom. The third kappa shape index (κ3) is 3.74. The second kappa shape index (κ2) is 7.76. The van der Waals surface area contributed by atoms with Gasteiger partial charge in [-0.1, -0.05) is 0 Å². The van der Waals surface area contributed by atoms with E-state index in [0.717, 1.165) is 38.2 Å². The van der Waals surface area contributed by atoms with E-state index in [-0.39, 0.29) is 24.2 Å². The second-order valence-electron chi connectivity index (χ2n) is 7.56. The molecule has 1 aromatic rings. The lowest BCUT2D eigenvalue weighted by Crippen LogP contribution is -2.43. The zero-order chi connectivity index (χ0) is 18.8. The molecule has 0 radical (unpaired) electrons. The summed E-state index contributed by atoms with van der Waals surface area (Å²) in [5.74, 6) is 1.85. The highest BCUT2D eigenvalue weighted by atomic mass is 16.6. The van der Waals surface area contributed by atoms with Gasteiger partial charge in [0.15, 0.2) is 11.5 Å². The maximum atomic E-state index is 12.9. The van der Waals surface area contributed by atoms with Crippen molar-refractivity contribution < 1.29 is 19.1 Å². The molecule has 27 heavy (non-hydrogen) atoms. The minimum Gasteiger partial charge on any atom is -0.486 e. The van der Waals surface area contributed by atoms with Gasteiger partial charge in [-0.2, -0.15) is 0 Å². The van der Waals surface area contributed by atoms with Gasteiger partial charge < -0.3 is 24.6 Å². The molecule has 0 aromatic heterocycles. The molecule has 0 bridgehead atoms. The van der Waals surface area contributed by atoms with E-state index in [0.29, 0.717) is 37.2 Å². The van der Waals surface area contributed by atoms with Crippen LogP contribution in [0.25, 0.3) is 0 Å². The highest BCUT2D eigenvalue weighted by Crippen LogP contribution is 2.36. The van der Waals surface area contributed by atoms with Crippen molar-refractivity contribution in [1.29, 1.82) is 0 Å². The molecule has 1 N–H and O–H groups in total. The van der Waals surface area contributed by atoms with E-state index in [2.05, 4.69) is 5.32 Å². The Bertz CT molecular complexity index is 715. The third-order valence-corrected chi connectivity index (χ3v) is 5.73. The third-order valence-electron chi connectivity index (χ3n) is 5.73. The van der Waals surface area contributed by atoms with Crippen molar-refractivity contribution in [3.63, 3.8) is 0 Å². The maximum absolute atomic E-state index is 12.9. The number of fused-ring (bicyclic) bond motifs is 1. The zero-order valence-corrected chi connectivity index (χ0v) is 15.8. The van der Waals surface area contributed by atoms with Crippen LogP contribution in [0.4, 0.5) is 5.69 Å². The lowest BCUT2D eigenvalue weighted by Gasteiger charge is -2.33. The Morgan fingerprint density at radius 3 is 2.67 bits per heavy atom. The first kappa shape index (κ1) is 18.1. The van der Waals surface area contributed by atoms with Crippen molar-refractivity contribution >= 4 is 17.5 Å². The van der Waals surface area contributed by atoms with Gasteiger partial charge in [0.1, 0.15) is 13.2 Å². The number of rotatable bonds is 4. The Balaban J connectivity index is 1.40. The highest BCUT2D eigenvalue weighted by molar-refractivity contribution is 6.00. The van der Waals surface area contributed by atoms with E-state index in [9.17, 15) is 9.59 Å². The number of likely N-dealkylation sites (tertiary alicyclic amines) is 1. The van der Waals surface area contributed by atoms with Crippen LogP contribution in [0.15, 0.2) is 18.2 Å². The molecule has 3 aliphatic rings. The summed E-state index contributed by atoms with van der Waals surface area (Å²) >= 11 is 0. The molecule has 3 heterocycles. The van der Waals surface area contributed by atoms with Gasteiger partial charge in [-0.3, -0.25) is 9.59 Å². The lowest BCUT2D eigenvalue weighted by atomic mass is 9.95. The van der Waals surface area contributed by atoms with E-state index in [1.165, 1.54) is 0 Å². The van der Waals surface area contributed by atoms with Gasteiger partial charge in [0, 0.05) is 37.8 Å². The first-order valence-corrected chi connectivity index (χ1v) is 9.79. The van der Waals surface area contributed by atoms with Crippen molar-refractivity contribution in [2.45, 2.75) is 19.3 Å². The normalized spacial score (nSPS) is 23.0. The SMILES string of the molecule is CNCC1CCN(C(=O)C2CC(=O)N(c3ccc4c(c3)OCCO4)C2)CC1. The number of nitrogens with zero attached hydrogens (tertiary/aromatic N) is 2. The number of amides is 2. The molecule has 1 aromatic carbocycles. The van der Waals surface area contributed by atoms with Crippen LogP contribution in [0, 0.1) is 11.8 Å². The molecule has 1 atom stereocenters. The van der Waals surface area contributed by atoms with Gasteiger partial charge in [0.2, 0.25) is 11.8 Å². The Labute approximate surface area is 159 Å². The molecule has 0 saturated carbocycles. The van der Waals surface area contributed by atoms with E-state index in [1.54, 1.807) is 4.90 Å². The minimum absolute atomic E-state index is 0.00454. The van der Waals surface area contributed by atoms with E-state index < -0.39 is 0 Å². The average molecular weight is 373 g/mol. The molecule has 0 spiro atoms. The van der Waals surface area contributed by atoms with Gasteiger partial charge in [0.25, 0.3) is 0 Å². The Hall–Kier alpha value is -2.28. The molecule has 146 valence electrons. The smallest absolute Gasteiger partial charge is 0.228 e. The maximum Gasteiger partial charge on any atom is 0.228 e. The number of carbonyl (C=O) groups is 2. The van der Waals surface area contributed by atoms with Crippen molar-refractivity contribution in [3.8, 4) is 11.5 Å².